The van der Waals surface area contributed by atoms with Gasteiger partial charge in [0.2, 0.25) is 0 Å². The number of nitrogens with one attached hydrogen (secondary N) is 1. The van der Waals surface area contributed by atoms with Crippen molar-refractivity contribution in [2.24, 2.45) is 0 Å². The summed E-state index contributed by atoms with van der Waals surface area (Å²) < 4.78 is 5.54. The van der Waals surface area contributed by atoms with Gasteiger partial charge in [0.05, 0.1) is 21.5 Å². The molecule has 6 nitrogen and oxygen atoms in total. The molecule has 33 heavy (non-hydrogen) atoms. The highest BCUT2D eigenvalue weighted by Gasteiger charge is 2.25. The Kier molecular flexibility index (Phi) is 6.52. The topological polar surface area (TPSA) is 61.4 Å². The van der Waals surface area contributed by atoms with E-state index in [4.69, 9.17) is 4.98 Å². The lowest BCUT2D eigenvalue weighted by Gasteiger charge is -2.34. The lowest BCUT2D eigenvalue weighted by molar-refractivity contribution is 0.0748. The van der Waals surface area contributed by atoms with Gasteiger partial charge in [-0.25, -0.2) is 9.97 Å². The zero-order valence-electron chi connectivity index (χ0n) is 18.0. The minimum Gasteiger partial charge on any atom is -0.345 e. The second-order valence-electron chi connectivity index (χ2n) is 7.75. The Balaban J connectivity index is 1.25. The van der Waals surface area contributed by atoms with Gasteiger partial charge in [0, 0.05) is 48.3 Å². The summed E-state index contributed by atoms with van der Waals surface area (Å²) in [7, 11) is 0. The summed E-state index contributed by atoms with van der Waals surface area (Å²) in [6, 6.07) is 19.7. The fourth-order valence-electron chi connectivity index (χ4n) is 3.73. The Morgan fingerprint density at radius 1 is 1.03 bits per heavy atom. The maximum absolute atomic E-state index is 13.3. The molecule has 0 unspecified atom stereocenters. The van der Waals surface area contributed by atoms with Crippen LogP contribution in [-0.2, 0) is 0 Å². The number of aryl methyl sites for hydroxylation is 1. The zero-order valence-corrected chi connectivity index (χ0v) is 21.2. The summed E-state index contributed by atoms with van der Waals surface area (Å²) in [4.78, 5) is 26.8. The fraction of sp³-hybridized carbons (Fsp3) is 0.208. The van der Waals surface area contributed by atoms with Crippen LogP contribution in [0.1, 0.15) is 16.1 Å². The van der Waals surface area contributed by atoms with Crippen LogP contribution in [0.3, 0.4) is 0 Å². The number of hydrogen-bond acceptors (Lipinski definition) is 7. The second-order valence-corrected chi connectivity index (χ2v) is 10.5. The molecule has 4 aromatic rings. The summed E-state index contributed by atoms with van der Waals surface area (Å²) in [5.41, 5.74) is 3.45. The van der Waals surface area contributed by atoms with E-state index in [0.29, 0.717) is 18.7 Å². The van der Waals surface area contributed by atoms with Crippen LogP contribution in [0.15, 0.2) is 70.2 Å². The summed E-state index contributed by atoms with van der Waals surface area (Å²) >= 11 is 6.64. The van der Waals surface area contributed by atoms with Crippen molar-refractivity contribution in [1.82, 2.24) is 14.9 Å². The third-order valence-electron chi connectivity index (χ3n) is 5.46. The average Bonchev–Trinajstić information content (AvgIpc) is 3.26. The van der Waals surface area contributed by atoms with Gasteiger partial charge in [-0.2, -0.15) is 0 Å². The van der Waals surface area contributed by atoms with E-state index in [-0.39, 0.29) is 5.91 Å². The molecular formula is C24H22BrN5OS2. The number of rotatable bonds is 5. The lowest BCUT2D eigenvalue weighted by Crippen LogP contribution is -2.48. The average molecular weight is 541 g/mol. The number of benzene rings is 2. The van der Waals surface area contributed by atoms with Crippen LogP contribution in [0, 0.1) is 6.92 Å². The molecule has 1 aliphatic heterocycles. The number of para-hydroxylation sites is 1. The number of carbonyl (C=O) groups is 1. The predicted molar refractivity (Wildman–Crippen MR) is 140 cm³/mol. The molecule has 0 atom stereocenters. The van der Waals surface area contributed by atoms with Gasteiger partial charge < -0.3 is 14.5 Å². The molecule has 1 saturated heterocycles. The normalized spacial score (nSPS) is 14.0. The van der Waals surface area contributed by atoms with Crippen molar-refractivity contribution in [2.45, 2.75) is 11.9 Å². The number of piperazine rings is 1. The number of amides is 1. The number of thiazole rings is 1. The van der Waals surface area contributed by atoms with Gasteiger partial charge in [-0.05, 0) is 49.4 Å². The Bertz CT molecular complexity index is 1300. The highest BCUT2D eigenvalue weighted by atomic mass is 79.9. The van der Waals surface area contributed by atoms with Crippen molar-refractivity contribution in [3.8, 4) is 0 Å². The first kappa shape index (κ1) is 22.2. The monoisotopic (exact) mass is 539 g/mol. The van der Waals surface area contributed by atoms with E-state index >= 15 is 0 Å². The predicted octanol–water partition coefficient (Wildman–Crippen LogP) is 5.84. The van der Waals surface area contributed by atoms with Crippen molar-refractivity contribution in [2.75, 3.05) is 35.8 Å². The number of halogens is 1. The van der Waals surface area contributed by atoms with E-state index in [9.17, 15) is 4.79 Å². The Labute approximate surface area is 209 Å². The van der Waals surface area contributed by atoms with Crippen LogP contribution in [0.5, 0.6) is 0 Å². The molecule has 1 amide bonds. The van der Waals surface area contributed by atoms with Gasteiger partial charge in [0.15, 0.2) is 5.13 Å². The Hall–Kier alpha value is -2.62. The van der Waals surface area contributed by atoms with Crippen LogP contribution in [0.4, 0.5) is 10.8 Å². The Morgan fingerprint density at radius 3 is 2.67 bits per heavy atom. The van der Waals surface area contributed by atoms with E-state index < -0.39 is 0 Å². The zero-order chi connectivity index (χ0) is 22.8. The summed E-state index contributed by atoms with van der Waals surface area (Å²) in [5.74, 6) is 0.0452. The third-order valence-corrected chi connectivity index (χ3v) is 7.79. The van der Waals surface area contributed by atoms with Crippen LogP contribution < -0.4 is 9.62 Å². The van der Waals surface area contributed by atoms with Crippen LogP contribution in [0.2, 0.25) is 0 Å². The summed E-state index contributed by atoms with van der Waals surface area (Å²) in [6.45, 7) is 4.84. The Morgan fingerprint density at radius 2 is 1.85 bits per heavy atom. The van der Waals surface area contributed by atoms with Gasteiger partial charge in [0.1, 0.15) is 5.03 Å². The van der Waals surface area contributed by atoms with Crippen LogP contribution in [0.25, 0.3) is 10.2 Å². The minimum absolute atomic E-state index is 0.0452. The minimum atomic E-state index is 0.0452. The van der Waals surface area contributed by atoms with Gasteiger partial charge in [-0.15, -0.1) is 0 Å². The lowest BCUT2D eigenvalue weighted by atomic mass is 10.1. The largest absolute Gasteiger partial charge is 0.345 e. The van der Waals surface area contributed by atoms with Gasteiger partial charge in [-0.1, -0.05) is 45.5 Å². The van der Waals surface area contributed by atoms with Gasteiger partial charge >= 0.3 is 0 Å². The number of hydrogen-bond donors (Lipinski definition) is 1. The summed E-state index contributed by atoms with van der Waals surface area (Å²) in [6.07, 6.45) is 0. The molecule has 168 valence electrons. The first-order valence-electron chi connectivity index (χ1n) is 10.6. The molecule has 0 radical (unpaired) electrons. The molecule has 1 N–H and O–H groups in total. The molecule has 9 heteroatoms. The first-order valence-corrected chi connectivity index (χ1v) is 13.1. The van der Waals surface area contributed by atoms with Gasteiger partial charge in [0.25, 0.3) is 5.91 Å². The van der Waals surface area contributed by atoms with Crippen LogP contribution >= 0.6 is 39.2 Å². The van der Waals surface area contributed by atoms with Crippen molar-refractivity contribution in [3.05, 3.63) is 76.4 Å². The van der Waals surface area contributed by atoms with Crippen molar-refractivity contribution < 1.29 is 4.79 Å². The fourth-order valence-corrected chi connectivity index (χ4v) is 6.03. The molecule has 3 heterocycles. The maximum Gasteiger partial charge on any atom is 0.256 e. The highest BCUT2D eigenvalue weighted by molar-refractivity contribution is 9.10. The molecule has 5 rings (SSSR count). The van der Waals surface area contributed by atoms with Crippen LogP contribution in [-0.4, -0.2) is 47.0 Å². The number of anilines is 2. The van der Waals surface area contributed by atoms with Crippen molar-refractivity contribution in [1.29, 1.82) is 0 Å². The number of pyridine rings is 1. The molecule has 0 aliphatic carbocycles. The molecular weight excluding hydrogens is 518 g/mol. The molecule has 0 spiro atoms. The van der Waals surface area contributed by atoms with Crippen molar-refractivity contribution in [3.63, 3.8) is 0 Å². The van der Waals surface area contributed by atoms with E-state index in [0.717, 1.165) is 44.6 Å². The first-order chi connectivity index (χ1) is 16.1. The standard InChI is InChI=1S/C24H22BrN5OS2/c1-16-5-4-8-22(26-16)33-28-19-7-3-2-6-18(19)23(31)29-11-13-30(14-12-29)24-27-20-10-9-17(25)15-21(20)32-24/h2-10,15,28H,11-14H2,1H3. The van der Waals surface area contributed by atoms with E-state index in [1.54, 1.807) is 11.3 Å². The molecule has 1 fully saturated rings. The molecule has 2 aromatic heterocycles. The highest BCUT2D eigenvalue weighted by Crippen LogP contribution is 2.32. The molecule has 2 aromatic carbocycles. The van der Waals surface area contributed by atoms with Crippen molar-refractivity contribution >= 4 is 66.2 Å². The SMILES string of the molecule is Cc1cccc(SNc2ccccc2C(=O)N2CCN(c3nc4ccc(Br)cc4s3)CC2)n1. The number of aromatic nitrogens is 2. The van der Waals surface area contributed by atoms with Gasteiger partial charge in [-0.3, -0.25) is 4.79 Å². The van der Waals surface area contributed by atoms with E-state index in [1.807, 2.05) is 66.4 Å². The van der Waals surface area contributed by atoms with E-state index in [2.05, 4.69) is 36.6 Å². The number of nitrogens with zero attached hydrogens (tertiary/aromatic N) is 4. The van der Waals surface area contributed by atoms with E-state index in [1.165, 1.54) is 16.6 Å². The third kappa shape index (κ3) is 5.00. The molecule has 0 saturated carbocycles. The molecule has 1 aliphatic rings. The number of carbonyl (C=O) groups excluding carboxylic acids is 1. The molecule has 0 bridgehead atoms. The summed E-state index contributed by atoms with van der Waals surface area (Å²) in [5, 5.41) is 1.88. The maximum atomic E-state index is 13.3. The smallest absolute Gasteiger partial charge is 0.256 e. The number of fused-ring (bicyclic) bond motifs is 1. The quantitative estimate of drug-likeness (QED) is 0.321. The second kappa shape index (κ2) is 9.70.